The van der Waals surface area contributed by atoms with E-state index in [-0.39, 0.29) is 5.76 Å². The summed E-state index contributed by atoms with van der Waals surface area (Å²) in [5, 5.41) is 12.1. The van der Waals surface area contributed by atoms with Crippen molar-refractivity contribution >= 4 is 23.6 Å². The zero-order chi connectivity index (χ0) is 16.9. The first-order valence-corrected chi connectivity index (χ1v) is 9.37. The summed E-state index contributed by atoms with van der Waals surface area (Å²) in [7, 11) is 0. The van der Waals surface area contributed by atoms with Gasteiger partial charge in [-0.1, -0.05) is 26.2 Å². The third-order valence-electron chi connectivity index (χ3n) is 4.36. The number of carboxylic acid groups (broad SMARTS) is 1. The number of carbonyl (C=O) groups is 2. The van der Waals surface area contributed by atoms with Gasteiger partial charge in [0, 0.05) is 11.3 Å². The Hall–Kier alpha value is -1.43. The van der Waals surface area contributed by atoms with Crippen LogP contribution in [0.3, 0.4) is 0 Å². The fourth-order valence-corrected chi connectivity index (χ4v) is 4.00. The highest BCUT2D eigenvalue weighted by atomic mass is 32.2. The summed E-state index contributed by atoms with van der Waals surface area (Å²) < 4.78 is 5.55. The second-order valence-electron chi connectivity index (χ2n) is 6.15. The minimum absolute atomic E-state index is 0.209. The smallest absolute Gasteiger partial charge is 0.329 e. The van der Waals surface area contributed by atoms with Crippen LogP contribution in [0.25, 0.3) is 0 Å². The molecule has 0 atom stereocenters. The standard InChI is InChI=1S/C17H25NO4S/c1-3-4-9-23-11-13-10-14(22-12(13)2)15(19)18-17(16(20)21)7-5-6-8-17/h10H,3-9,11H2,1-2H3,(H,18,19)(H,20,21). The quantitative estimate of drug-likeness (QED) is 0.705. The number of aliphatic carboxylic acids is 1. The summed E-state index contributed by atoms with van der Waals surface area (Å²) in [5.74, 6) is 1.46. The summed E-state index contributed by atoms with van der Waals surface area (Å²) in [6, 6.07) is 1.74. The number of nitrogens with one attached hydrogen (secondary N) is 1. The predicted octanol–water partition coefficient (Wildman–Crippen LogP) is 3.75. The Kier molecular flexibility index (Phi) is 6.16. The molecule has 0 aromatic carbocycles. The Balaban J connectivity index is 2.01. The van der Waals surface area contributed by atoms with Crippen LogP contribution in [0, 0.1) is 6.92 Å². The van der Waals surface area contributed by atoms with Crippen LogP contribution in [0.1, 0.15) is 67.3 Å². The van der Waals surface area contributed by atoms with Gasteiger partial charge in [0.15, 0.2) is 5.76 Å². The van der Waals surface area contributed by atoms with Crippen LogP contribution in [-0.2, 0) is 10.5 Å². The van der Waals surface area contributed by atoms with Crippen LogP contribution in [0.5, 0.6) is 0 Å². The monoisotopic (exact) mass is 339 g/mol. The van der Waals surface area contributed by atoms with E-state index in [9.17, 15) is 14.7 Å². The molecule has 6 heteroatoms. The fraction of sp³-hybridized carbons (Fsp3) is 0.647. The van der Waals surface area contributed by atoms with E-state index in [0.29, 0.717) is 12.8 Å². The lowest BCUT2D eigenvalue weighted by atomic mass is 9.97. The number of unbranched alkanes of at least 4 members (excludes halogenated alkanes) is 1. The van der Waals surface area contributed by atoms with Crippen LogP contribution in [0.2, 0.25) is 0 Å². The molecule has 2 N–H and O–H groups in total. The number of furan rings is 1. The van der Waals surface area contributed by atoms with Crippen LogP contribution in [0.4, 0.5) is 0 Å². The maximum atomic E-state index is 12.4. The van der Waals surface area contributed by atoms with E-state index in [4.69, 9.17) is 4.42 Å². The molecular formula is C17H25NO4S. The number of amides is 1. The lowest BCUT2D eigenvalue weighted by Crippen LogP contribution is -2.52. The number of aryl methyl sites for hydroxylation is 1. The van der Waals surface area contributed by atoms with Crippen molar-refractivity contribution in [2.75, 3.05) is 5.75 Å². The Labute approximate surface area is 141 Å². The molecule has 0 bridgehead atoms. The Bertz CT molecular complexity index is 561. The van der Waals surface area contributed by atoms with E-state index in [0.717, 1.165) is 35.7 Å². The van der Waals surface area contributed by atoms with Gasteiger partial charge >= 0.3 is 5.97 Å². The van der Waals surface area contributed by atoms with Crippen molar-refractivity contribution in [3.05, 3.63) is 23.2 Å². The van der Waals surface area contributed by atoms with Gasteiger partial charge in [-0.05, 0) is 38.0 Å². The van der Waals surface area contributed by atoms with E-state index in [1.807, 2.05) is 18.7 Å². The van der Waals surface area contributed by atoms with Crippen molar-refractivity contribution in [2.45, 2.75) is 63.7 Å². The maximum Gasteiger partial charge on any atom is 0.329 e. The molecule has 1 amide bonds. The minimum atomic E-state index is -1.13. The molecule has 1 fully saturated rings. The minimum Gasteiger partial charge on any atom is -0.480 e. The number of carbonyl (C=O) groups excluding carboxylic acids is 1. The third-order valence-corrected chi connectivity index (χ3v) is 5.46. The fourth-order valence-electron chi connectivity index (χ4n) is 2.85. The molecule has 0 saturated heterocycles. The second-order valence-corrected chi connectivity index (χ2v) is 7.25. The topological polar surface area (TPSA) is 79.5 Å². The van der Waals surface area contributed by atoms with Crippen molar-refractivity contribution in [3.63, 3.8) is 0 Å². The SMILES string of the molecule is CCCCSCc1cc(C(=O)NC2(C(=O)O)CCCC2)oc1C. The first-order chi connectivity index (χ1) is 11.0. The van der Waals surface area contributed by atoms with Gasteiger partial charge in [-0.15, -0.1) is 0 Å². The largest absolute Gasteiger partial charge is 0.480 e. The third kappa shape index (κ3) is 4.31. The molecule has 2 rings (SSSR count). The molecule has 0 unspecified atom stereocenters. The average Bonchev–Trinajstić information content (AvgIpc) is 3.12. The molecule has 1 heterocycles. The Morgan fingerprint density at radius 1 is 1.39 bits per heavy atom. The first kappa shape index (κ1) is 17.9. The number of hydrogen-bond acceptors (Lipinski definition) is 4. The molecule has 5 nitrogen and oxygen atoms in total. The van der Waals surface area contributed by atoms with E-state index in [1.54, 1.807) is 6.07 Å². The van der Waals surface area contributed by atoms with E-state index in [1.165, 1.54) is 12.8 Å². The van der Waals surface area contributed by atoms with Crippen molar-refractivity contribution in [2.24, 2.45) is 0 Å². The number of carboxylic acids is 1. The summed E-state index contributed by atoms with van der Waals surface area (Å²) in [6.07, 6.45) is 4.95. The molecular weight excluding hydrogens is 314 g/mol. The first-order valence-electron chi connectivity index (χ1n) is 8.21. The zero-order valence-electron chi connectivity index (χ0n) is 13.8. The highest BCUT2D eigenvalue weighted by Crippen LogP contribution is 2.30. The zero-order valence-corrected chi connectivity index (χ0v) is 14.6. The van der Waals surface area contributed by atoms with Crippen LogP contribution in [-0.4, -0.2) is 28.3 Å². The Morgan fingerprint density at radius 3 is 2.70 bits per heavy atom. The highest BCUT2D eigenvalue weighted by Gasteiger charge is 2.43. The number of rotatable bonds is 8. The maximum absolute atomic E-state index is 12.4. The normalized spacial score (nSPS) is 16.4. The number of thioether (sulfide) groups is 1. The molecule has 0 aliphatic heterocycles. The van der Waals surface area contributed by atoms with Gasteiger partial charge in [-0.3, -0.25) is 4.79 Å². The van der Waals surface area contributed by atoms with Crippen LogP contribution < -0.4 is 5.32 Å². The number of hydrogen-bond donors (Lipinski definition) is 2. The van der Waals surface area contributed by atoms with Crippen molar-refractivity contribution in [1.82, 2.24) is 5.32 Å². The van der Waals surface area contributed by atoms with Gasteiger partial charge in [0.25, 0.3) is 5.91 Å². The predicted molar refractivity (Wildman–Crippen MR) is 90.8 cm³/mol. The van der Waals surface area contributed by atoms with E-state index < -0.39 is 17.4 Å². The van der Waals surface area contributed by atoms with Gasteiger partial charge < -0.3 is 14.8 Å². The summed E-state index contributed by atoms with van der Waals surface area (Å²) in [6.45, 7) is 4.00. The van der Waals surface area contributed by atoms with Gasteiger partial charge in [-0.2, -0.15) is 11.8 Å². The van der Waals surface area contributed by atoms with E-state index in [2.05, 4.69) is 12.2 Å². The lowest BCUT2D eigenvalue weighted by Gasteiger charge is -2.24. The highest BCUT2D eigenvalue weighted by molar-refractivity contribution is 7.98. The van der Waals surface area contributed by atoms with Crippen molar-refractivity contribution in [3.8, 4) is 0 Å². The Morgan fingerprint density at radius 2 is 2.09 bits per heavy atom. The summed E-state index contributed by atoms with van der Waals surface area (Å²) >= 11 is 1.82. The molecule has 1 aliphatic rings. The van der Waals surface area contributed by atoms with Crippen LogP contribution >= 0.6 is 11.8 Å². The molecule has 23 heavy (non-hydrogen) atoms. The van der Waals surface area contributed by atoms with Crippen molar-refractivity contribution < 1.29 is 19.1 Å². The van der Waals surface area contributed by atoms with Crippen molar-refractivity contribution in [1.29, 1.82) is 0 Å². The molecule has 128 valence electrons. The lowest BCUT2D eigenvalue weighted by molar-refractivity contribution is -0.144. The molecule has 1 aliphatic carbocycles. The van der Waals surface area contributed by atoms with Gasteiger partial charge in [0.2, 0.25) is 0 Å². The van der Waals surface area contributed by atoms with E-state index >= 15 is 0 Å². The molecule has 0 spiro atoms. The molecule has 1 aromatic heterocycles. The molecule has 1 saturated carbocycles. The van der Waals surface area contributed by atoms with Crippen LogP contribution in [0.15, 0.2) is 10.5 Å². The average molecular weight is 339 g/mol. The van der Waals surface area contributed by atoms with Gasteiger partial charge in [0.05, 0.1) is 0 Å². The summed E-state index contributed by atoms with van der Waals surface area (Å²) in [5.41, 5.74) is -0.125. The molecule has 1 aromatic rings. The second kappa shape index (κ2) is 7.90. The molecule has 0 radical (unpaired) electrons. The van der Waals surface area contributed by atoms with Gasteiger partial charge in [-0.25, -0.2) is 4.79 Å². The van der Waals surface area contributed by atoms with Gasteiger partial charge in [0.1, 0.15) is 11.3 Å². The summed E-state index contributed by atoms with van der Waals surface area (Å²) in [4.78, 5) is 23.9.